The van der Waals surface area contributed by atoms with Gasteiger partial charge in [0.15, 0.2) is 0 Å². The minimum Gasteiger partial charge on any atom is -0.349 e. The standard InChI is InChI=1S/C20H25N3O.2ClH/c1-12-3-6-18-16(9-12)17(11-19(23-18)14-4-5-14)20(24)22-15-7-8-21-13(2)10-15;;/h3,6,9,11,13-15,21H,4-5,7-8,10H2,1-2H3,(H,22,24);2*1H. The van der Waals surface area contributed by atoms with Crippen LogP contribution >= 0.6 is 24.8 Å². The minimum atomic E-state index is 0. The molecule has 2 N–H and O–H groups in total. The Morgan fingerprint density at radius 1 is 1.19 bits per heavy atom. The van der Waals surface area contributed by atoms with Gasteiger partial charge in [-0.3, -0.25) is 9.78 Å². The fraction of sp³-hybridized carbons (Fsp3) is 0.500. The van der Waals surface area contributed by atoms with Crippen LogP contribution in [-0.4, -0.2) is 29.5 Å². The number of hydrogen-bond acceptors (Lipinski definition) is 3. The fourth-order valence-corrected chi connectivity index (χ4v) is 3.66. The number of amides is 1. The molecule has 1 aromatic heterocycles. The van der Waals surface area contributed by atoms with E-state index in [4.69, 9.17) is 4.98 Å². The molecule has 142 valence electrons. The van der Waals surface area contributed by atoms with E-state index in [0.717, 1.165) is 47.1 Å². The molecule has 0 bridgehead atoms. The molecule has 1 aromatic carbocycles. The molecule has 6 heteroatoms. The van der Waals surface area contributed by atoms with Gasteiger partial charge in [0.25, 0.3) is 5.91 Å². The third-order valence-corrected chi connectivity index (χ3v) is 5.18. The van der Waals surface area contributed by atoms with Crippen LogP contribution in [0.2, 0.25) is 0 Å². The summed E-state index contributed by atoms with van der Waals surface area (Å²) >= 11 is 0. The molecular formula is C20H27Cl2N3O. The highest BCUT2D eigenvalue weighted by Crippen LogP contribution is 2.40. The molecule has 4 rings (SSSR count). The molecule has 2 atom stereocenters. The number of aryl methyl sites for hydroxylation is 1. The summed E-state index contributed by atoms with van der Waals surface area (Å²) < 4.78 is 0. The molecule has 0 radical (unpaired) electrons. The second-order valence-corrected chi connectivity index (χ2v) is 7.44. The summed E-state index contributed by atoms with van der Waals surface area (Å²) in [4.78, 5) is 17.8. The van der Waals surface area contributed by atoms with E-state index in [1.54, 1.807) is 0 Å². The molecule has 1 aliphatic heterocycles. The van der Waals surface area contributed by atoms with E-state index in [1.165, 1.54) is 12.8 Å². The van der Waals surface area contributed by atoms with E-state index in [9.17, 15) is 4.79 Å². The number of aromatic nitrogens is 1. The predicted octanol–water partition coefficient (Wildman–Crippen LogP) is 4.13. The molecule has 1 aliphatic carbocycles. The molecule has 2 fully saturated rings. The van der Waals surface area contributed by atoms with Gasteiger partial charge in [-0.15, -0.1) is 24.8 Å². The van der Waals surface area contributed by atoms with E-state index < -0.39 is 0 Å². The zero-order valence-electron chi connectivity index (χ0n) is 15.2. The number of rotatable bonds is 3. The van der Waals surface area contributed by atoms with Crippen molar-refractivity contribution < 1.29 is 4.79 Å². The summed E-state index contributed by atoms with van der Waals surface area (Å²) in [6.45, 7) is 5.20. The van der Waals surface area contributed by atoms with Crippen LogP contribution in [0.4, 0.5) is 0 Å². The van der Waals surface area contributed by atoms with E-state index in [2.05, 4.69) is 36.6 Å². The molecule has 2 aliphatic rings. The summed E-state index contributed by atoms with van der Waals surface area (Å²) in [7, 11) is 0. The number of benzene rings is 1. The van der Waals surface area contributed by atoms with Gasteiger partial charge in [-0.1, -0.05) is 11.6 Å². The molecule has 1 saturated heterocycles. The maximum Gasteiger partial charge on any atom is 0.252 e. The summed E-state index contributed by atoms with van der Waals surface area (Å²) in [5, 5.41) is 7.66. The number of hydrogen-bond donors (Lipinski definition) is 2. The van der Waals surface area contributed by atoms with E-state index >= 15 is 0 Å². The van der Waals surface area contributed by atoms with Crippen molar-refractivity contribution in [1.82, 2.24) is 15.6 Å². The maximum atomic E-state index is 13.0. The first-order valence-corrected chi connectivity index (χ1v) is 9.05. The van der Waals surface area contributed by atoms with Crippen LogP contribution in [0.5, 0.6) is 0 Å². The van der Waals surface area contributed by atoms with Crippen LogP contribution in [-0.2, 0) is 0 Å². The maximum absolute atomic E-state index is 13.0. The Morgan fingerprint density at radius 2 is 1.96 bits per heavy atom. The number of nitrogens with one attached hydrogen (secondary N) is 2. The smallest absolute Gasteiger partial charge is 0.252 e. The lowest BCUT2D eigenvalue weighted by Crippen LogP contribution is -2.46. The van der Waals surface area contributed by atoms with Gasteiger partial charge in [-0.2, -0.15) is 0 Å². The largest absolute Gasteiger partial charge is 0.349 e. The van der Waals surface area contributed by atoms with Crippen LogP contribution in [0.25, 0.3) is 10.9 Å². The molecular weight excluding hydrogens is 369 g/mol. The van der Waals surface area contributed by atoms with Crippen molar-refractivity contribution in [2.75, 3.05) is 6.54 Å². The Morgan fingerprint density at radius 3 is 2.65 bits per heavy atom. The fourth-order valence-electron chi connectivity index (χ4n) is 3.66. The van der Waals surface area contributed by atoms with E-state index in [1.807, 2.05) is 12.1 Å². The highest BCUT2D eigenvalue weighted by atomic mass is 35.5. The van der Waals surface area contributed by atoms with Gasteiger partial charge < -0.3 is 10.6 Å². The van der Waals surface area contributed by atoms with Crippen molar-refractivity contribution in [3.8, 4) is 0 Å². The molecule has 0 spiro atoms. The lowest BCUT2D eigenvalue weighted by atomic mass is 9.99. The van der Waals surface area contributed by atoms with Gasteiger partial charge in [-0.05, 0) is 64.3 Å². The number of halogens is 2. The number of carbonyl (C=O) groups excluding carboxylic acids is 1. The zero-order chi connectivity index (χ0) is 16.7. The molecule has 1 saturated carbocycles. The van der Waals surface area contributed by atoms with Gasteiger partial charge in [0.1, 0.15) is 0 Å². The number of pyridine rings is 1. The second kappa shape index (κ2) is 8.55. The van der Waals surface area contributed by atoms with Crippen LogP contribution in [0.15, 0.2) is 24.3 Å². The Labute approximate surface area is 167 Å². The lowest BCUT2D eigenvalue weighted by Gasteiger charge is -2.28. The van der Waals surface area contributed by atoms with Gasteiger partial charge in [-0.25, -0.2) is 0 Å². The lowest BCUT2D eigenvalue weighted by molar-refractivity contribution is 0.0927. The molecule has 1 amide bonds. The highest BCUT2D eigenvalue weighted by Gasteiger charge is 2.28. The summed E-state index contributed by atoms with van der Waals surface area (Å²) in [6.07, 6.45) is 4.37. The van der Waals surface area contributed by atoms with Crippen molar-refractivity contribution in [2.24, 2.45) is 0 Å². The third-order valence-electron chi connectivity index (χ3n) is 5.18. The van der Waals surface area contributed by atoms with Crippen molar-refractivity contribution >= 4 is 41.6 Å². The zero-order valence-corrected chi connectivity index (χ0v) is 16.9. The van der Waals surface area contributed by atoms with Crippen LogP contribution in [0.1, 0.15) is 60.1 Å². The quantitative estimate of drug-likeness (QED) is 0.820. The van der Waals surface area contributed by atoms with E-state index in [0.29, 0.717) is 12.0 Å². The minimum absolute atomic E-state index is 0. The van der Waals surface area contributed by atoms with Crippen LogP contribution in [0, 0.1) is 6.92 Å². The SMILES string of the molecule is Cc1ccc2nc(C3CC3)cc(C(=O)NC3CCNC(C)C3)c2c1.Cl.Cl. The molecule has 2 aromatic rings. The first kappa shape index (κ1) is 20.9. The Hall–Kier alpha value is -1.36. The predicted molar refractivity (Wildman–Crippen MR) is 111 cm³/mol. The van der Waals surface area contributed by atoms with Crippen LogP contribution in [0.3, 0.4) is 0 Å². The first-order valence-electron chi connectivity index (χ1n) is 9.05. The normalized spacial score (nSPS) is 22.2. The number of fused-ring (bicyclic) bond motifs is 1. The van der Waals surface area contributed by atoms with Gasteiger partial charge in [0.05, 0.1) is 11.1 Å². The number of piperidine rings is 1. The van der Waals surface area contributed by atoms with Crippen molar-refractivity contribution in [1.29, 1.82) is 0 Å². The van der Waals surface area contributed by atoms with Gasteiger partial charge in [0, 0.05) is 29.1 Å². The highest BCUT2D eigenvalue weighted by molar-refractivity contribution is 6.06. The Balaban J connectivity index is 0.00000121. The molecule has 2 unspecified atom stereocenters. The van der Waals surface area contributed by atoms with Gasteiger partial charge in [0.2, 0.25) is 0 Å². The summed E-state index contributed by atoms with van der Waals surface area (Å²) in [5.74, 6) is 0.593. The Bertz CT molecular complexity index is 792. The topological polar surface area (TPSA) is 54.0 Å². The average molecular weight is 396 g/mol. The molecule has 26 heavy (non-hydrogen) atoms. The van der Waals surface area contributed by atoms with Crippen LogP contribution < -0.4 is 10.6 Å². The number of nitrogens with zero attached hydrogens (tertiary/aromatic N) is 1. The Kier molecular flexibility index (Phi) is 6.89. The monoisotopic (exact) mass is 395 g/mol. The van der Waals surface area contributed by atoms with Crippen molar-refractivity contribution in [3.63, 3.8) is 0 Å². The number of carbonyl (C=O) groups is 1. The first-order chi connectivity index (χ1) is 11.6. The molecule has 4 nitrogen and oxygen atoms in total. The molecule has 2 heterocycles. The van der Waals surface area contributed by atoms with E-state index in [-0.39, 0.29) is 36.8 Å². The third kappa shape index (κ3) is 4.48. The van der Waals surface area contributed by atoms with Crippen molar-refractivity contribution in [2.45, 2.75) is 57.5 Å². The second-order valence-electron chi connectivity index (χ2n) is 7.44. The average Bonchev–Trinajstić information content (AvgIpc) is 3.38. The summed E-state index contributed by atoms with van der Waals surface area (Å²) in [6, 6.07) is 8.94. The summed E-state index contributed by atoms with van der Waals surface area (Å²) in [5.41, 5.74) is 3.97. The van der Waals surface area contributed by atoms with Crippen molar-refractivity contribution in [3.05, 3.63) is 41.1 Å². The van der Waals surface area contributed by atoms with Gasteiger partial charge >= 0.3 is 0 Å².